The molecule has 2 aliphatic carbocycles. The third-order valence-corrected chi connectivity index (χ3v) is 7.04. The number of halogens is 2. The van der Waals surface area contributed by atoms with Crippen LogP contribution >= 0.6 is 11.6 Å². The molecule has 1 aromatic heterocycles. The number of ether oxygens (including phenoxy) is 1. The Morgan fingerprint density at radius 1 is 1.35 bits per heavy atom. The SMILES string of the molecule is CNC1CC=CC2CN(c3c(F)cc4c(=O)c(OC(=O)O)cn(C5CC5)c4c3Cl)CC21. The van der Waals surface area contributed by atoms with E-state index in [1.807, 2.05) is 11.9 Å². The van der Waals surface area contributed by atoms with Crippen LogP contribution in [0.5, 0.6) is 5.75 Å². The summed E-state index contributed by atoms with van der Waals surface area (Å²) < 4.78 is 21.8. The molecule has 0 bridgehead atoms. The quantitative estimate of drug-likeness (QED) is 0.548. The van der Waals surface area contributed by atoms with E-state index in [4.69, 9.17) is 16.7 Å². The van der Waals surface area contributed by atoms with Crippen LogP contribution in [0.2, 0.25) is 5.02 Å². The molecule has 9 heteroatoms. The molecule has 1 saturated carbocycles. The molecule has 31 heavy (non-hydrogen) atoms. The van der Waals surface area contributed by atoms with Gasteiger partial charge in [-0.3, -0.25) is 4.79 Å². The highest BCUT2D eigenvalue weighted by Crippen LogP contribution is 2.44. The van der Waals surface area contributed by atoms with Crippen molar-refractivity contribution in [2.24, 2.45) is 11.8 Å². The zero-order valence-corrected chi connectivity index (χ0v) is 17.7. The number of carbonyl (C=O) groups is 1. The zero-order chi connectivity index (χ0) is 21.9. The van der Waals surface area contributed by atoms with Crippen molar-refractivity contribution in [3.8, 4) is 5.75 Å². The first kappa shape index (κ1) is 20.3. The first-order chi connectivity index (χ1) is 14.9. The molecule has 7 nitrogen and oxygen atoms in total. The molecule has 5 rings (SSSR count). The van der Waals surface area contributed by atoms with Crippen molar-refractivity contribution < 1.29 is 19.0 Å². The lowest BCUT2D eigenvalue weighted by Crippen LogP contribution is -2.39. The summed E-state index contributed by atoms with van der Waals surface area (Å²) in [6.07, 6.45) is 6.83. The molecule has 3 unspecified atom stereocenters. The van der Waals surface area contributed by atoms with Crippen LogP contribution < -0.4 is 20.4 Å². The van der Waals surface area contributed by atoms with E-state index in [1.54, 1.807) is 4.57 Å². The Labute approximate surface area is 183 Å². The number of rotatable bonds is 4. The van der Waals surface area contributed by atoms with Crippen LogP contribution in [0.25, 0.3) is 10.9 Å². The number of aromatic nitrogens is 1. The number of benzene rings is 1. The van der Waals surface area contributed by atoms with Crippen molar-refractivity contribution in [2.75, 3.05) is 25.0 Å². The van der Waals surface area contributed by atoms with Gasteiger partial charge in [0.1, 0.15) is 5.82 Å². The van der Waals surface area contributed by atoms with Crippen molar-refractivity contribution in [1.29, 1.82) is 0 Å². The van der Waals surface area contributed by atoms with Crippen LogP contribution in [0.3, 0.4) is 0 Å². The van der Waals surface area contributed by atoms with Gasteiger partial charge in [-0.05, 0) is 38.3 Å². The Hall–Kier alpha value is -2.58. The van der Waals surface area contributed by atoms with Gasteiger partial charge in [0.2, 0.25) is 5.43 Å². The first-order valence-electron chi connectivity index (χ1n) is 10.5. The molecule has 2 heterocycles. The predicted octanol–water partition coefficient (Wildman–Crippen LogP) is 3.79. The number of hydrogen-bond acceptors (Lipinski definition) is 5. The Morgan fingerprint density at radius 3 is 2.81 bits per heavy atom. The number of nitrogens with zero attached hydrogens (tertiary/aromatic N) is 2. The monoisotopic (exact) mass is 447 g/mol. The Bertz CT molecular complexity index is 1160. The fourth-order valence-corrected chi connectivity index (χ4v) is 5.49. The van der Waals surface area contributed by atoms with Gasteiger partial charge in [-0.1, -0.05) is 23.8 Å². The third-order valence-electron chi connectivity index (χ3n) is 6.68. The fraction of sp³-hybridized carbons (Fsp3) is 0.455. The van der Waals surface area contributed by atoms with E-state index in [2.05, 4.69) is 22.2 Å². The number of fused-ring (bicyclic) bond motifs is 2. The Morgan fingerprint density at radius 2 is 2.13 bits per heavy atom. The zero-order valence-electron chi connectivity index (χ0n) is 17.0. The number of hydrogen-bond donors (Lipinski definition) is 2. The molecule has 2 aromatic rings. The average Bonchev–Trinajstić information content (AvgIpc) is 3.48. The van der Waals surface area contributed by atoms with Crippen molar-refractivity contribution in [2.45, 2.75) is 31.3 Å². The van der Waals surface area contributed by atoms with Crippen LogP contribution in [-0.2, 0) is 0 Å². The number of carboxylic acid groups (broad SMARTS) is 1. The van der Waals surface area contributed by atoms with Gasteiger partial charge < -0.3 is 24.6 Å². The second kappa shape index (κ2) is 7.53. The lowest BCUT2D eigenvalue weighted by Gasteiger charge is -2.28. The minimum absolute atomic E-state index is 0.0292. The van der Waals surface area contributed by atoms with Gasteiger partial charge in [0.25, 0.3) is 0 Å². The number of anilines is 1. The normalized spacial score (nSPS) is 25.1. The molecule has 1 aromatic carbocycles. The predicted molar refractivity (Wildman–Crippen MR) is 116 cm³/mol. The lowest BCUT2D eigenvalue weighted by molar-refractivity contribution is 0.143. The van der Waals surface area contributed by atoms with Crippen molar-refractivity contribution in [1.82, 2.24) is 9.88 Å². The summed E-state index contributed by atoms with van der Waals surface area (Å²) in [6.45, 7) is 1.31. The molecule has 0 radical (unpaired) electrons. The standard InChI is InChI=1S/C22H23ClFN3O4/c1-25-16-4-2-3-11-8-26(9-14(11)16)20-15(24)7-13-19(18(20)23)27(12-5-6-12)10-17(21(13)28)31-22(29)30/h2-3,7,10-12,14,16,25H,4-6,8-9H2,1H3,(H,29,30). The summed E-state index contributed by atoms with van der Waals surface area (Å²) in [7, 11) is 1.94. The van der Waals surface area contributed by atoms with E-state index < -0.39 is 17.4 Å². The minimum atomic E-state index is -1.59. The summed E-state index contributed by atoms with van der Waals surface area (Å²) in [4.78, 5) is 25.8. The summed E-state index contributed by atoms with van der Waals surface area (Å²) in [6, 6.07) is 1.57. The summed E-state index contributed by atoms with van der Waals surface area (Å²) >= 11 is 6.77. The third kappa shape index (κ3) is 3.38. The number of nitrogens with one attached hydrogen (secondary N) is 1. The van der Waals surface area contributed by atoms with Crippen LogP contribution in [0.15, 0.2) is 29.2 Å². The van der Waals surface area contributed by atoms with Gasteiger partial charge in [0, 0.05) is 31.1 Å². The molecular formula is C22H23ClFN3O4. The van der Waals surface area contributed by atoms with Gasteiger partial charge in [0.05, 0.1) is 27.8 Å². The van der Waals surface area contributed by atoms with E-state index >= 15 is 4.39 Å². The molecule has 0 spiro atoms. The fourth-order valence-electron chi connectivity index (χ4n) is 5.08. The van der Waals surface area contributed by atoms with E-state index in [1.165, 1.54) is 12.3 Å². The Kier molecular flexibility index (Phi) is 4.94. The summed E-state index contributed by atoms with van der Waals surface area (Å²) in [5, 5.41) is 12.5. The van der Waals surface area contributed by atoms with Crippen LogP contribution in [0, 0.1) is 17.7 Å². The molecule has 2 N–H and O–H groups in total. The first-order valence-corrected chi connectivity index (χ1v) is 10.8. The molecule has 3 aliphatic rings. The maximum atomic E-state index is 15.3. The maximum Gasteiger partial charge on any atom is 0.511 e. The number of pyridine rings is 1. The van der Waals surface area contributed by atoms with Gasteiger partial charge >= 0.3 is 6.16 Å². The topological polar surface area (TPSA) is 83.8 Å². The van der Waals surface area contributed by atoms with Crippen molar-refractivity contribution in [3.05, 3.63) is 45.5 Å². The molecule has 2 fully saturated rings. The largest absolute Gasteiger partial charge is 0.511 e. The van der Waals surface area contributed by atoms with Crippen LogP contribution in [-0.4, -0.2) is 42.0 Å². The van der Waals surface area contributed by atoms with Crippen LogP contribution in [0.4, 0.5) is 14.9 Å². The van der Waals surface area contributed by atoms with Crippen molar-refractivity contribution >= 4 is 34.3 Å². The van der Waals surface area contributed by atoms with Crippen LogP contribution in [0.1, 0.15) is 25.3 Å². The van der Waals surface area contributed by atoms with Gasteiger partial charge in [0.15, 0.2) is 5.75 Å². The maximum absolute atomic E-state index is 15.3. The molecule has 1 aliphatic heterocycles. The molecule has 0 amide bonds. The van der Waals surface area contributed by atoms with Gasteiger partial charge in [-0.2, -0.15) is 0 Å². The molecule has 3 atom stereocenters. The molecule has 164 valence electrons. The van der Waals surface area contributed by atoms with E-state index in [9.17, 15) is 9.59 Å². The summed E-state index contributed by atoms with van der Waals surface area (Å²) in [5.41, 5.74) is 0.0429. The van der Waals surface area contributed by atoms with E-state index in [0.717, 1.165) is 19.3 Å². The second-order valence-electron chi connectivity index (χ2n) is 8.54. The van der Waals surface area contributed by atoms with E-state index in [-0.39, 0.29) is 22.2 Å². The average molecular weight is 448 g/mol. The second-order valence-corrected chi connectivity index (χ2v) is 8.92. The highest BCUT2D eigenvalue weighted by molar-refractivity contribution is 6.38. The minimum Gasteiger partial charge on any atom is -0.449 e. The molecule has 1 saturated heterocycles. The Balaban J connectivity index is 1.64. The smallest absolute Gasteiger partial charge is 0.449 e. The van der Waals surface area contributed by atoms with Gasteiger partial charge in [-0.25, -0.2) is 9.18 Å². The van der Waals surface area contributed by atoms with E-state index in [0.29, 0.717) is 42.2 Å². The van der Waals surface area contributed by atoms with Gasteiger partial charge in [-0.15, -0.1) is 0 Å². The highest BCUT2D eigenvalue weighted by atomic mass is 35.5. The molecular weight excluding hydrogens is 425 g/mol. The summed E-state index contributed by atoms with van der Waals surface area (Å²) in [5.74, 6) is -0.287. The van der Waals surface area contributed by atoms with Crippen molar-refractivity contribution in [3.63, 3.8) is 0 Å². The lowest BCUT2D eigenvalue weighted by atomic mass is 9.83. The highest BCUT2D eigenvalue weighted by Gasteiger charge is 2.39.